The molecule has 38 heavy (non-hydrogen) atoms. The first-order valence-corrected chi connectivity index (χ1v) is 13.1. The fourth-order valence-corrected chi connectivity index (χ4v) is 6.46. The van der Waals surface area contributed by atoms with Gasteiger partial charge in [0.2, 0.25) is 5.91 Å². The zero-order valence-electron chi connectivity index (χ0n) is 20.1. The molecule has 0 aliphatic carbocycles. The van der Waals surface area contributed by atoms with Crippen LogP contribution < -0.4 is 10.6 Å². The number of rotatable bonds is 5. The van der Waals surface area contributed by atoms with Gasteiger partial charge in [-0.3, -0.25) is 14.6 Å². The van der Waals surface area contributed by atoms with Gasteiger partial charge in [-0.05, 0) is 66.7 Å². The fourth-order valence-electron chi connectivity index (χ4n) is 5.26. The van der Waals surface area contributed by atoms with Crippen LogP contribution in [0.25, 0.3) is 16.6 Å². The highest BCUT2D eigenvalue weighted by atomic mass is 35.5. The summed E-state index contributed by atoms with van der Waals surface area (Å²) in [6, 6.07) is 18.3. The highest BCUT2D eigenvalue weighted by Crippen LogP contribution is 2.51. The monoisotopic (exact) mass is 545 g/mol. The molecular weight excluding hydrogens is 525 g/mol. The molecule has 1 fully saturated rings. The van der Waals surface area contributed by atoms with Crippen molar-refractivity contribution in [3.05, 3.63) is 105 Å². The number of hydrogen-bond acceptors (Lipinski definition) is 5. The fraction of sp³-hybridized carbons (Fsp3) is 0.143. The normalized spacial score (nSPS) is 19.4. The van der Waals surface area contributed by atoms with Crippen molar-refractivity contribution in [3.8, 4) is 5.69 Å². The topological polar surface area (TPSA) is 94.1 Å². The predicted molar refractivity (Wildman–Crippen MR) is 145 cm³/mol. The number of benzene rings is 2. The van der Waals surface area contributed by atoms with E-state index in [0.717, 1.165) is 21.5 Å². The number of primary amides is 1. The van der Waals surface area contributed by atoms with Gasteiger partial charge in [0.15, 0.2) is 0 Å². The van der Waals surface area contributed by atoms with Crippen molar-refractivity contribution in [2.45, 2.75) is 18.9 Å². The number of amides is 2. The zero-order valence-corrected chi connectivity index (χ0v) is 21.7. The lowest BCUT2D eigenvalue weighted by molar-refractivity contribution is -0.120. The number of fused-ring (bicyclic) bond motifs is 1. The number of thiophene rings is 1. The van der Waals surface area contributed by atoms with Gasteiger partial charge in [-0.25, -0.2) is 9.07 Å². The van der Waals surface area contributed by atoms with Gasteiger partial charge < -0.3 is 10.6 Å². The van der Waals surface area contributed by atoms with E-state index in [1.165, 1.54) is 23.5 Å². The van der Waals surface area contributed by atoms with Crippen LogP contribution in [0.4, 0.5) is 10.1 Å². The summed E-state index contributed by atoms with van der Waals surface area (Å²) in [5, 5.41) is 5.30. The van der Waals surface area contributed by atoms with Gasteiger partial charge in [0.25, 0.3) is 5.91 Å². The van der Waals surface area contributed by atoms with Gasteiger partial charge in [0.05, 0.1) is 39.0 Å². The van der Waals surface area contributed by atoms with Gasteiger partial charge in [0, 0.05) is 34.0 Å². The molecule has 7 nitrogen and oxygen atoms in total. The highest BCUT2D eigenvalue weighted by Gasteiger charge is 2.50. The van der Waals surface area contributed by atoms with Crippen molar-refractivity contribution in [1.29, 1.82) is 0 Å². The average Bonchev–Trinajstić information content (AvgIpc) is 3.60. The summed E-state index contributed by atoms with van der Waals surface area (Å²) in [7, 11) is 0. The molecule has 3 atom stereocenters. The lowest BCUT2D eigenvalue weighted by atomic mass is 9.85. The first-order chi connectivity index (χ1) is 18.3. The Balaban J connectivity index is 1.48. The van der Waals surface area contributed by atoms with Gasteiger partial charge in [-0.2, -0.15) is 5.10 Å². The van der Waals surface area contributed by atoms with E-state index in [-0.39, 0.29) is 11.7 Å². The standard InChI is InChI=1S/C28H21ClFN5O2S/c1-15-24(25-20(27(31)36)3-2-12-32-25)26(22-10-11-23(29)38-22)34(28(15)37)19-8-9-21-16(13-19)14-33-35(21)18-6-4-17(30)5-7-18/h2-15,24,26H,1H3,(H2,31,36). The van der Waals surface area contributed by atoms with Crippen molar-refractivity contribution in [2.75, 3.05) is 4.90 Å². The van der Waals surface area contributed by atoms with Gasteiger partial charge in [0.1, 0.15) is 5.82 Å². The van der Waals surface area contributed by atoms with Crippen LogP contribution in [-0.4, -0.2) is 26.6 Å². The molecule has 5 aromatic rings. The number of aromatic nitrogens is 3. The van der Waals surface area contributed by atoms with Crippen LogP contribution in [0.15, 0.2) is 79.1 Å². The van der Waals surface area contributed by atoms with E-state index in [1.807, 2.05) is 31.2 Å². The number of carbonyl (C=O) groups is 2. The Hall–Kier alpha value is -4.08. The van der Waals surface area contributed by atoms with Crippen LogP contribution in [0.2, 0.25) is 4.34 Å². The molecule has 1 saturated heterocycles. The lowest BCUT2D eigenvalue weighted by Crippen LogP contribution is -2.29. The number of nitrogens with two attached hydrogens (primary N) is 1. The molecule has 3 aromatic heterocycles. The largest absolute Gasteiger partial charge is 0.366 e. The average molecular weight is 546 g/mol. The van der Waals surface area contributed by atoms with E-state index in [9.17, 15) is 14.0 Å². The smallest absolute Gasteiger partial charge is 0.250 e. The van der Waals surface area contributed by atoms with Gasteiger partial charge in [-0.1, -0.05) is 18.5 Å². The molecule has 2 aromatic carbocycles. The summed E-state index contributed by atoms with van der Waals surface area (Å²) in [6.07, 6.45) is 3.32. The molecule has 190 valence electrons. The maximum absolute atomic E-state index is 13.9. The molecule has 0 radical (unpaired) electrons. The third-order valence-corrected chi connectivity index (χ3v) is 8.29. The Bertz CT molecular complexity index is 1700. The molecule has 1 aliphatic rings. The number of anilines is 1. The Kier molecular flexibility index (Phi) is 5.97. The molecule has 2 N–H and O–H groups in total. The highest BCUT2D eigenvalue weighted by molar-refractivity contribution is 7.16. The van der Waals surface area contributed by atoms with Crippen molar-refractivity contribution in [2.24, 2.45) is 11.7 Å². The molecule has 4 heterocycles. The van der Waals surface area contributed by atoms with Crippen molar-refractivity contribution in [3.63, 3.8) is 0 Å². The second-order valence-corrected chi connectivity index (χ2v) is 10.9. The maximum atomic E-state index is 13.9. The summed E-state index contributed by atoms with van der Waals surface area (Å²) in [6.45, 7) is 1.85. The van der Waals surface area contributed by atoms with E-state index in [0.29, 0.717) is 21.3 Å². The van der Waals surface area contributed by atoms with Crippen LogP contribution >= 0.6 is 22.9 Å². The van der Waals surface area contributed by atoms with Gasteiger partial charge in [-0.15, -0.1) is 11.3 Å². The molecule has 2 amide bonds. The minimum Gasteiger partial charge on any atom is -0.366 e. The third kappa shape index (κ3) is 3.95. The molecule has 1 aliphatic heterocycles. The molecule has 3 unspecified atom stereocenters. The first-order valence-electron chi connectivity index (χ1n) is 11.9. The van der Waals surface area contributed by atoms with Crippen molar-refractivity contribution >= 4 is 51.3 Å². The molecule has 0 saturated carbocycles. The van der Waals surface area contributed by atoms with Crippen LogP contribution in [0.1, 0.15) is 39.8 Å². The summed E-state index contributed by atoms with van der Waals surface area (Å²) in [5.41, 5.74) is 8.69. The second kappa shape index (κ2) is 9.34. The van der Waals surface area contributed by atoms with Crippen LogP contribution in [0.5, 0.6) is 0 Å². The quantitative estimate of drug-likeness (QED) is 0.298. The van der Waals surface area contributed by atoms with Crippen LogP contribution in [-0.2, 0) is 4.79 Å². The molecule has 0 spiro atoms. The van der Waals surface area contributed by atoms with Crippen molar-refractivity contribution < 1.29 is 14.0 Å². The molecule has 0 bridgehead atoms. The van der Waals surface area contributed by atoms with Gasteiger partial charge >= 0.3 is 0 Å². The SMILES string of the molecule is CC1C(=O)N(c2ccc3c(cnn3-c3ccc(F)cc3)c2)C(c2ccc(Cl)s2)C1c1ncccc1C(N)=O. The number of pyridine rings is 1. The van der Waals surface area contributed by atoms with E-state index in [4.69, 9.17) is 17.3 Å². The lowest BCUT2D eigenvalue weighted by Gasteiger charge is -2.28. The Morgan fingerprint density at radius 1 is 1.08 bits per heavy atom. The predicted octanol–water partition coefficient (Wildman–Crippen LogP) is 5.88. The van der Waals surface area contributed by atoms with E-state index in [1.54, 1.807) is 52.3 Å². The molecule has 6 rings (SSSR count). The number of halogens is 2. The zero-order chi connectivity index (χ0) is 26.6. The summed E-state index contributed by atoms with van der Waals surface area (Å²) < 4.78 is 15.7. The Morgan fingerprint density at radius 3 is 2.55 bits per heavy atom. The summed E-state index contributed by atoms with van der Waals surface area (Å²) in [5.74, 6) is -1.93. The number of nitrogens with zero attached hydrogens (tertiary/aromatic N) is 4. The van der Waals surface area contributed by atoms with Crippen LogP contribution in [0.3, 0.4) is 0 Å². The first kappa shape index (κ1) is 24.3. The van der Waals surface area contributed by atoms with Crippen molar-refractivity contribution in [1.82, 2.24) is 14.8 Å². The minimum absolute atomic E-state index is 0.101. The third-order valence-electron chi connectivity index (χ3n) is 6.99. The van der Waals surface area contributed by atoms with E-state index < -0.39 is 23.8 Å². The summed E-state index contributed by atoms with van der Waals surface area (Å²) in [4.78, 5) is 33.3. The van der Waals surface area contributed by atoms with E-state index >= 15 is 0 Å². The van der Waals surface area contributed by atoms with E-state index in [2.05, 4.69) is 10.1 Å². The summed E-state index contributed by atoms with van der Waals surface area (Å²) >= 11 is 7.71. The Morgan fingerprint density at radius 2 is 1.84 bits per heavy atom. The molecule has 10 heteroatoms. The minimum atomic E-state index is -0.594. The Labute approximate surface area is 226 Å². The second-order valence-electron chi connectivity index (χ2n) is 9.19. The number of hydrogen-bond donors (Lipinski definition) is 1. The van der Waals surface area contributed by atoms with Crippen LogP contribution in [0, 0.1) is 11.7 Å². The number of carbonyl (C=O) groups excluding carboxylic acids is 2. The molecular formula is C28H21ClFN5O2S. The maximum Gasteiger partial charge on any atom is 0.250 e.